The number of amides is 2. The van der Waals surface area contributed by atoms with Gasteiger partial charge in [0.15, 0.2) is 0 Å². The number of para-hydroxylation sites is 1. The molecule has 0 radical (unpaired) electrons. The highest BCUT2D eigenvalue weighted by molar-refractivity contribution is 7.90. The smallest absolute Gasteiger partial charge is 0.333 e. The van der Waals surface area contributed by atoms with Crippen LogP contribution in [0.1, 0.15) is 70.1 Å². The molecule has 0 saturated carbocycles. The van der Waals surface area contributed by atoms with Crippen molar-refractivity contribution in [1.82, 2.24) is 4.72 Å². The van der Waals surface area contributed by atoms with Crippen LogP contribution in [0.25, 0.3) is 0 Å². The van der Waals surface area contributed by atoms with Crippen LogP contribution in [0, 0.1) is 0 Å². The van der Waals surface area contributed by atoms with Gasteiger partial charge >= 0.3 is 6.03 Å². The molecule has 2 rings (SSSR count). The number of urea groups is 1. The van der Waals surface area contributed by atoms with E-state index in [0.717, 1.165) is 11.1 Å². The van der Waals surface area contributed by atoms with Crippen molar-refractivity contribution in [3.8, 4) is 0 Å². The van der Waals surface area contributed by atoms with Crippen LogP contribution in [-0.4, -0.2) is 19.6 Å². The number of benzene rings is 2. The number of rotatable bonds is 6. The molecule has 0 atom stereocenters. The number of anilines is 1. The van der Waals surface area contributed by atoms with E-state index in [0.29, 0.717) is 11.3 Å². The van der Waals surface area contributed by atoms with Gasteiger partial charge in [-0.2, -0.15) is 0 Å². The van der Waals surface area contributed by atoms with Gasteiger partial charge in [-0.05, 0) is 54.5 Å². The fourth-order valence-electron chi connectivity index (χ4n) is 3.06. The third-order valence-corrected chi connectivity index (χ3v) is 6.06. The lowest BCUT2D eigenvalue weighted by atomic mass is 9.93. The Morgan fingerprint density at radius 3 is 1.83 bits per heavy atom. The van der Waals surface area contributed by atoms with Gasteiger partial charge in [0.05, 0.1) is 10.5 Å². The minimum Gasteiger partial charge on any atom is -0.386 e. The number of hydrogen-bond donors (Lipinski definition) is 3. The highest BCUT2D eigenvalue weighted by atomic mass is 32.2. The summed E-state index contributed by atoms with van der Waals surface area (Å²) in [4.78, 5) is 12.5. The van der Waals surface area contributed by atoms with Crippen molar-refractivity contribution in [2.45, 2.75) is 63.9 Å². The van der Waals surface area contributed by atoms with Crippen LogP contribution in [0.5, 0.6) is 0 Å². The standard InChI is InChI=1S/C22H30N2O4S/c1-14(2)18-8-7-9-19(15(3)4)20(18)23-21(25)24-29(27,28)17-12-10-16(11-13-17)22(5,6)26/h7-15,26H,1-6H3,(H2,23,24,25). The van der Waals surface area contributed by atoms with E-state index in [9.17, 15) is 18.3 Å². The molecular weight excluding hydrogens is 388 g/mol. The normalized spacial score (nSPS) is 12.3. The molecule has 29 heavy (non-hydrogen) atoms. The lowest BCUT2D eigenvalue weighted by Gasteiger charge is -2.20. The van der Waals surface area contributed by atoms with E-state index in [-0.39, 0.29) is 16.7 Å². The minimum absolute atomic E-state index is 0.0538. The Morgan fingerprint density at radius 1 is 0.931 bits per heavy atom. The number of sulfonamides is 1. The van der Waals surface area contributed by atoms with Crippen molar-refractivity contribution in [2.24, 2.45) is 0 Å². The first-order valence-corrected chi connectivity index (χ1v) is 11.1. The topological polar surface area (TPSA) is 95.5 Å². The SMILES string of the molecule is CC(C)c1cccc(C(C)C)c1NC(=O)NS(=O)(=O)c1ccc(C(C)(C)O)cc1. The van der Waals surface area contributed by atoms with Gasteiger partial charge in [0.25, 0.3) is 10.0 Å². The Hall–Kier alpha value is -2.38. The minimum atomic E-state index is -4.05. The molecule has 0 saturated heterocycles. The van der Waals surface area contributed by atoms with Crippen LogP contribution in [0.2, 0.25) is 0 Å². The second kappa shape index (κ2) is 8.55. The van der Waals surface area contributed by atoms with Gasteiger partial charge in [-0.15, -0.1) is 0 Å². The maximum Gasteiger partial charge on any atom is 0.333 e. The monoisotopic (exact) mass is 418 g/mol. The molecule has 2 aromatic carbocycles. The number of hydrogen-bond acceptors (Lipinski definition) is 4. The summed E-state index contributed by atoms with van der Waals surface area (Å²) in [6.07, 6.45) is 0. The van der Waals surface area contributed by atoms with Gasteiger partial charge in [-0.3, -0.25) is 0 Å². The van der Waals surface area contributed by atoms with Crippen molar-refractivity contribution in [1.29, 1.82) is 0 Å². The zero-order valence-corrected chi connectivity index (χ0v) is 18.6. The Kier molecular flexibility index (Phi) is 6.75. The molecule has 0 unspecified atom stereocenters. The summed E-state index contributed by atoms with van der Waals surface area (Å²) in [5.41, 5.74) is 2.02. The summed E-state index contributed by atoms with van der Waals surface area (Å²) in [7, 11) is -4.05. The number of aliphatic hydroxyl groups is 1. The fraction of sp³-hybridized carbons (Fsp3) is 0.409. The van der Waals surface area contributed by atoms with Crippen LogP contribution in [0.15, 0.2) is 47.4 Å². The molecule has 0 aliphatic rings. The summed E-state index contributed by atoms with van der Waals surface area (Å²) in [5.74, 6) is 0.324. The Morgan fingerprint density at radius 2 is 1.41 bits per heavy atom. The van der Waals surface area contributed by atoms with Crippen molar-refractivity contribution >= 4 is 21.7 Å². The van der Waals surface area contributed by atoms with Crippen LogP contribution in [0.4, 0.5) is 10.5 Å². The van der Waals surface area contributed by atoms with E-state index in [2.05, 4.69) is 10.0 Å². The Bertz CT molecular complexity index is 947. The molecule has 0 spiro atoms. The Labute approximate surface area is 173 Å². The second-order valence-corrected chi connectivity index (χ2v) is 9.95. The molecule has 2 aromatic rings. The van der Waals surface area contributed by atoms with E-state index in [4.69, 9.17) is 0 Å². The number of carbonyl (C=O) groups is 1. The average molecular weight is 419 g/mol. The average Bonchev–Trinajstić information content (AvgIpc) is 2.60. The van der Waals surface area contributed by atoms with Crippen LogP contribution < -0.4 is 10.0 Å². The second-order valence-electron chi connectivity index (χ2n) is 8.26. The van der Waals surface area contributed by atoms with Gasteiger partial charge in [-0.1, -0.05) is 58.0 Å². The lowest BCUT2D eigenvalue weighted by molar-refractivity contribution is 0.0785. The predicted octanol–water partition coefficient (Wildman–Crippen LogP) is 4.67. The maximum atomic E-state index is 12.6. The molecule has 7 heteroatoms. The van der Waals surface area contributed by atoms with E-state index in [1.807, 2.05) is 45.9 Å². The van der Waals surface area contributed by atoms with E-state index in [1.165, 1.54) is 24.3 Å². The lowest BCUT2D eigenvalue weighted by Crippen LogP contribution is -2.35. The molecule has 6 nitrogen and oxygen atoms in total. The van der Waals surface area contributed by atoms with Crippen LogP contribution in [0.3, 0.4) is 0 Å². The summed E-state index contributed by atoms with van der Waals surface area (Å²) in [6.45, 7) is 11.3. The first kappa shape index (κ1) is 22.9. The van der Waals surface area contributed by atoms with E-state index in [1.54, 1.807) is 13.8 Å². The first-order valence-electron chi connectivity index (χ1n) is 9.62. The molecular formula is C22H30N2O4S. The third-order valence-electron chi connectivity index (χ3n) is 4.71. The van der Waals surface area contributed by atoms with Crippen LogP contribution in [-0.2, 0) is 15.6 Å². The van der Waals surface area contributed by atoms with Crippen molar-refractivity contribution in [2.75, 3.05) is 5.32 Å². The zero-order chi connectivity index (χ0) is 22.0. The highest BCUT2D eigenvalue weighted by Gasteiger charge is 2.22. The molecule has 2 amide bonds. The summed E-state index contributed by atoms with van der Waals surface area (Å²) in [6, 6.07) is 10.8. The zero-order valence-electron chi connectivity index (χ0n) is 17.8. The quantitative estimate of drug-likeness (QED) is 0.635. The van der Waals surface area contributed by atoms with Crippen LogP contribution >= 0.6 is 0 Å². The van der Waals surface area contributed by atoms with Gasteiger partial charge in [0.1, 0.15) is 0 Å². The Balaban J connectivity index is 2.27. The third kappa shape index (κ3) is 5.58. The molecule has 0 bridgehead atoms. The summed E-state index contributed by atoms with van der Waals surface area (Å²) >= 11 is 0. The highest BCUT2D eigenvalue weighted by Crippen LogP contribution is 2.32. The molecule has 0 fully saturated rings. The number of carbonyl (C=O) groups excluding carboxylic acids is 1. The van der Waals surface area contributed by atoms with Gasteiger partial charge in [0.2, 0.25) is 0 Å². The fourth-order valence-corrected chi connectivity index (χ4v) is 3.96. The molecule has 0 aliphatic heterocycles. The van der Waals surface area contributed by atoms with Crippen molar-refractivity contribution in [3.05, 3.63) is 59.2 Å². The van der Waals surface area contributed by atoms with Gasteiger partial charge < -0.3 is 10.4 Å². The molecule has 158 valence electrons. The largest absolute Gasteiger partial charge is 0.386 e. The molecule has 3 N–H and O–H groups in total. The molecule has 0 heterocycles. The summed E-state index contributed by atoms with van der Waals surface area (Å²) < 4.78 is 27.3. The molecule has 0 aliphatic carbocycles. The first-order chi connectivity index (χ1) is 13.3. The summed E-state index contributed by atoms with van der Waals surface area (Å²) in [5, 5.41) is 12.7. The molecule has 0 aromatic heterocycles. The van der Waals surface area contributed by atoms with Crippen molar-refractivity contribution in [3.63, 3.8) is 0 Å². The van der Waals surface area contributed by atoms with E-state index < -0.39 is 21.7 Å². The van der Waals surface area contributed by atoms with Gasteiger partial charge in [0, 0.05) is 5.69 Å². The maximum absolute atomic E-state index is 12.6. The van der Waals surface area contributed by atoms with Crippen molar-refractivity contribution < 1.29 is 18.3 Å². The van der Waals surface area contributed by atoms with Gasteiger partial charge in [-0.25, -0.2) is 17.9 Å². The predicted molar refractivity (Wildman–Crippen MR) is 116 cm³/mol. The van der Waals surface area contributed by atoms with E-state index >= 15 is 0 Å². The number of nitrogens with one attached hydrogen (secondary N) is 2.